The lowest BCUT2D eigenvalue weighted by atomic mass is 9.78. The van der Waals surface area contributed by atoms with Crippen LogP contribution in [0, 0.1) is 0 Å². The van der Waals surface area contributed by atoms with Crippen LogP contribution in [0.15, 0.2) is 30.3 Å². The molecule has 0 bridgehead atoms. The average Bonchev–Trinajstić information content (AvgIpc) is 2.44. The highest BCUT2D eigenvalue weighted by Gasteiger charge is 2.35. The zero-order valence-corrected chi connectivity index (χ0v) is 13.1. The summed E-state index contributed by atoms with van der Waals surface area (Å²) in [7, 11) is 0. The summed E-state index contributed by atoms with van der Waals surface area (Å²) in [6, 6.07) is 9.93. The Hall–Kier alpha value is -1.55. The second kappa shape index (κ2) is 6.06. The lowest BCUT2D eigenvalue weighted by Gasteiger charge is -2.37. The minimum atomic E-state index is -0.685. The summed E-state index contributed by atoms with van der Waals surface area (Å²) >= 11 is 0. The maximum Gasteiger partial charge on any atom is 0.315 e. The maximum absolute atomic E-state index is 12.0. The number of benzene rings is 1. The van der Waals surface area contributed by atoms with Gasteiger partial charge in [0.1, 0.15) is 0 Å². The van der Waals surface area contributed by atoms with Crippen molar-refractivity contribution in [3.63, 3.8) is 0 Å². The zero-order chi connectivity index (χ0) is 15.5. The number of nitrogens with one attached hydrogen (secondary N) is 2. The van der Waals surface area contributed by atoms with Gasteiger partial charge >= 0.3 is 6.03 Å². The minimum absolute atomic E-state index is 0.0177. The summed E-state index contributed by atoms with van der Waals surface area (Å²) in [5.74, 6) is 0. The number of rotatable bonds is 5. The molecular formula is C17H26N2O2. The first-order valence-electron chi connectivity index (χ1n) is 7.66. The van der Waals surface area contributed by atoms with Gasteiger partial charge in [-0.3, -0.25) is 0 Å². The molecule has 1 unspecified atom stereocenters. The lowest BCUT2D eigenvalue weighted by Crippen LogP contribution is -2.53. The van der Waals surface area contributed by atoms with Gasteiger partial charge in [0.25, 0.3) is 0 Å². The molecule has 4 nitrogen and oxygen atoms in total. The molecule has 1 aromatic rings. The van der Waals surface area contributed by atoms with E-state index in [-0.39, 0.29) is 17.5 Å². The molecule has 21 heavy (non-hydrogen) atoms. The Bertz CT molecular complexity index is 481. The largest absolute Gasteiger partial charge is 0.388 e. The molecular weight excluding hydrogens is 264 g/mol. The maximum atomic E-state index is 12.0. The van der Waals surface area contributed by atoms with Crippen molar-refractivity contribution in [1.82, 2.24) is 10.6 Å². The van der Waals surface area contributed by atoms with Crippen LogP contribution < -0.4 is 10.6 Å². The number of carbonyl (C=O) groups is 1. The molecule has 1 aromatic carbocycles. The molecule has 1 aliphatic rings. The van der Waals surface area contributed by atoms with Gasteiger partial charge in [-0.25, -0.2) is 4.79 Å². The van der Waals surface area contributed by atoms with Gasteiger partial charge in [-0.15, -0.1) is 0 Å². The molecule has 116 valence electrons. The molecule has 0 radical (unpaired) electrons. The predicted molar refractivity (Wildman–Crippen MR) is 84.3 cm³/mol. The highest BCUT2D eigenvalue weighted by atomic mass is 16.3. The molecule has 0 aromatic heterocycles. The SMILES string of the molecule is CC(NC(=O)NCC1(O)CCC1)C(C)(C)c1ccccc1. The van der Waals surface area contributed by atoms with Crippen molar-refractivity contribution >= 4 is 6.03 Å². The highest BCUT2D eigenvalue weighted by Crippen LogP contribution is 2.30. The smallest absolute Gasteiger partial charge is 0.315 e. The molecule has 1 fully saturated rings. The van der Waals surface area contributed by atoms with E-state index in [0.717, 1.165) is 19.3 Å². The van der Waals surface area contributed by atoms with E-state index < -0.39 is 5.60 Å². The fourth-order valence-corrected chi connectivity index (χ4v) is 2.55. The lowest BCUT2D eigenvalue weighted by molar-refractivity contribution is -0.0290. The summed E-state index contributed by atoms with van der Waals surface area (Å²) in [5, 5.41) is 15.7. The number of carbonyl (C=O) groups excluding carboxylic acids is 1. The summed E-state index contributed by atoms with van der Waals surface area (Å²) in [4.78, 5) is 12.0. The summed E-state index contributed by atoms with van der Waals surface area (Å²) in [6.07, 6.45) is 2.59. The van der Waals surface area contributed by atoms with Crippen molar-refractivity contribution in [3.05, 3.63) is 35.9 Å². The van der Waals surface area contributed by atoms with Gasteiger partial charge in [-0.1, -0.05) is 44.2 Å². The quantitative estimate of drug-likeness (QED) is 0.780. The molecule has 1 saturated carbocycles. The first-order valence-corrected chi connectivity index (χ1v) is 7.66. The van der Waals surface area contributed by atoms with Gasteiger partial charge in [-0.2, -0.15) is 0 Å². The third kappa shape index (κ3) is 3.76. The van der Waals surface area contributed by atoms with Crippen molar-refractivity contribution in [2.45, 2.75) is 57.1 Å². The number of amides is 2. The van der Waals surface area contributed by atoms with E-state index in [0.29, 0.717) is 6.54 Å². The van der Waals surface area contributed by atoms with E-state index in [1.807, 2.05) is 25.1 Å². The number of aliphatic hydroxyl groups is 1. The normalized spacial score (nSPS) is 18.5. The van der Waals surface area contributed by atoms with Crippen LogP contribution in [0.5, 0.6) is 0 Å². The van der Waals surface area contributed by atoms with Crippen LogP contribution in [0.3, 0.4) is 0 Å². The van der Waals surface area contributed by atoms with E-state index in [1.165, 1.54) is 5.56 Å². The topological polar surface area (TPSA) is 61.4 Å². The number of hydrogen-bond donors (Lipinski definition) is 3. The predicted octanol–water partition coefficient (Wildman–Crippen LogP) is 2.57. The second-order valence-electron chi connectivity index (χ2n) is 6.71. The second-order valence-corrected chi connectivity index (χ2v) is 6.71. The Morgan fingerprint density at radius 2 is 1.95 bits per heavy atom. The van der Waals surface area contributed by atoms with Gasteiger partial charge in [0.2, 0.25) is 0 Å². The number of urea groups is 1. The summed E-state index contributed by atoms with van der Waals surface area (Å²) < 4.78 is 0. The Labute approximate surface area is 126 Å². The van der Waals surface area contributed by atoms with Crippen molar-refractivity contribution in [3.8, 4) is 0 Å². The molecule has 0 saturated heterocycles. The Kier molecular flexibility index (Phi) is 4.57. The van der Waals surface area contributed by atoms with Gasteiger partial charge in [0.05, 0.1) is 5.60 Å². The van der Waals surface area contributed by atoms with Crippen molar-refractivity contribution in [2.24, 2.45) is 0 Å². The molecule has 0 aliphatic heterocycles. The molecule has 1 atom stereocenters. The first-order chi connectivity index (χ1) is 9.83. The zero-order valence-electron chi connectivity index (χ0n) is 13.1. The Morgan fingerprint density at radius 3 is 2.48 bits per heavy atom. The van der Waals surface area contributed by atoms with Gasteiger partial charge in [0.15, 0.2) is 0 Å². The molecule has 2 rings (SSSR count). The molecule has 3 N–H and O–H groups in total. The fraction of sp³-hybridized carbons (Fsp3) is 0.588. The third-order valence-corrected chi connectivity index (χ3v) is 4.81. The summed E-state index contributed by atoms with van der Waals surface area (Å²) in [5.41, 5.74) is 0.344. The van der Waals surface area contributed by atoms with Crippen LogP contribution in [-0.2, 0) is 5.41 Å². The molecule has 2 amide bonds. The molecule has 0 heterocycles. The Balaban J connectivity index is 1.88. The molecule has 4 heteroatoms. The van der Waals surface area contributed by atoms with Crippen LogP contribution in [0.2, 0.25) is 0 Å². The average molecular weight is 290 g/mol. The van der Waals surface area contributed by atoms with Crippen LogP contribution >= 0.6 is 0 Å². The third-order valence-electron chi connectivity index (χ3n) is 4.81. The van der Waals surface area contributed by atoms with Crippen molar-refractivity contribution < 1.29 is 9.90 Å². The van der Waals surface area contributed by atoms with Gasteiger partial charge in [-0.05, 0) is 31.7 Å². The van der Waals surface area contributed by atoms with Crippen LogP contribution in [0.1, 0.15) is 45.6 Å². The van der Waals surface area contributed by atoms with Gasteiger partial charge < -0.3 is 15.7 Å². The van der Waals surface area contributed by atoms with E-state index in [1.54, 1.807) is 0 Å². The van der Waals surface area contributed by atoms with Crippen LogP contribution in [-0.4, -0.2) is 29.3 Å². The van der Waals surface area contributed by atoms with Crippen LogP contribution in [0.25, 0.3) is 0 Å². The molecule has 0 spiro atoms. The van der Waals surface area contributed by atoms with Crippen molar-refractivity contribution in [2.75, 3.05) is 6.54 Å². The fourth-order valence-electron chi connectivity index (χ4n) is 2.55. The highest BCUT2D eigenvalue weighted by molar-refractivity contribution is 5.74. The Morgan fingerprint density at radius 1 is 1.33 bits per heavy atom. The number of hydrogen-bond acceptors (Lipinski definition) is 2. The van der Waals surface area contributed by atoms with Crippen molar-refractivity contribution in [1.29, 1.82) is 0 Å². The van der Waals surface area contributed by atoms with E-state index >= 15 is 0 Å². The monoisotopic (exact) mass is 290 g/mol. The standard InChI is InChI=1S/C17H26N2O2/c1-13(16(2,3)14-8-5-4-6-9-14)19-15(20)18-12-17(21)10-7-11-17/h4-6,8-9,13,21H,7,10-12H2,1-3H3,(H2,18,19,20). The minimum Gasteiger partial charge on any atom is -0.388 e. The van der Waals surface area contributed by atoms with E-state index in [4.69, 9.17) is 0 Å². The summed E-state index contributed by atoms with van der Waals surface area (Å²) in [6.45, 7) is 6.57. The molecule has 1 aliphatic carbocycles. The van der Waals surface area contributed by atoms with Crippen LogP contribution in [0.4, 0.5) is 4.79 Å². The van der Waals surface area contributed by atoms with Gasteiger partial charge in [0, 0.05) is 18.0 Å². The van der Waals surface area contributed by atoms with E-state index in [9.17, 15) is 9.90 Å². The van der Waals surface area contributed by atoms with E-state index in [2.05, 4.69) is 36.6 Å². The first kappa shape index (κ1) is 15.8.